The van der Waals surface area contributed by atoms with E-state index in [-0.39, 0.29) is 18.8 Å². The molecule has 0 atom stereocenters. The first-order chi connectivity index (χ1) is 7.13. The number of anilines is 1. The molecule has 82 valence electrons. The molecule has 0 saturated carbocycles. The lowest BCUT2D eigenvalue weighted by atomic mass is 10.3. The SMILES string of the molecule is CCOC(=O)CNc1cc(F)ccc1F. The Kier molecular flexibility index (Phi) is 4.03. The summed E-state index contributed by atoms with van der Waals surface area (Å²) in [5.74, 6) is -1.69. The number of nitrogens with one attached hydrogen (secondary N) is 1. The number of carbonyl (C=O) groups is 1. The number of ether oxygens (including phenoxy) is 1. The Hall–Kier alpha value is -1.65. The van der Waals surface area contributed by atoms with Gasteiger partial charge in [-0.05, 0) is 25.1 Å². The fourth-order valence-electron chi connectivity index (χ4n) is 1.01. The van der Waals surface area contributed by atoms with Crippen LogP contribution in [0.1, 0.15) is 6.92 Å². The van der Waals surface area contributed by atoms with Crippen LogP contribution in [0.3, 0.4) is 0 Å². The van der Waals surface area contributed by atoms with Gasteiger partial charge in [0.25, 0.3) is 0 Å². The van der Waals surface area contributed by atoms with E-state index in [0.29, 0.717) is 0 Å². The van der Waals surface area contributed by atoms with Crippen LogP contribution in [-0.2, 0) is 9.53 Å². The van der Waals surface area contributed by atoms with Crippen molar-refractivity contribution in [2.24, 2.45) is 0 Å². The third-order valence-corrected chi connectivity index (χ3v) is 1.66. The van der Waals surface area contributed by atoms with Gasteiger partial charge < -0.3 is 10.1 Å². The Labute approximate surface area is 86.0 Å². The summed E-state index contributed by atoms with van der Waals surface area (Å²) < 4.78 is 30.3. The van der Waals surface area contributed by atoms with E-state index in [1.54, 1.807) is 6.92 Å². The average molecular weight is 215 g/mol. The molecule has 0 aromatic heterocycles. The smallest absolute Gasteiger partial charge is 0.325 e. The van der Waals surface area contributed by atoms with Gasteiger partial charge in [-0.1, -0.05) is 0 Å². The van der Waals surface area contributed by atoms with E-state index in [2.05, 4.69) is 10.1 Å². The van der Waals surface area contributed by atoms with Crippen molar-refractivity contribution in [3.05, 3.63) is 29.8 Å². The van der Waals surface area contributed by atoms with E-state index >= 15 is 0 Å². The molecule has 0 radical (unpaired) electrons. The highest BCUT2D eigenvalue weighted by Crippen LogP contribution is 2.14. The largest absolute Gasteiger partial charge is 0.465 e. The Morgan fingerprint density at radius 2 is 2.20 bits per heavy atom. The number of hydrogen-bond donors (Lipinski definition) is 1. The molecule has 15 heavy (non-hydrogen) atoms. The van der Waals surface area contributed by atoms with Gasteiger partial charge in [0.15, 0.2) is 0 Å². The molecule has 0 aliphatic carbocycles. The standard InChI is InChI=1S/C10H11F2NO2/c1-2-15-10(14)6-13-9-5-7(11)3-4-8(9)12/h3-5,13H,2,6H2,1H3. The normalized spacial score (nSPS) is 9.80. The predicted octanol–water partition coefficient (Wildman–Crippen LogP) is 1.94. The molecule has 1 rings (SSSR count). The fraction of sp³-hybridized carbons (Fsp3) is 0.300. The van der Waals surface area contributed by atoms with Crippen LogP contribution < -0.4 is 5.32 Å². The van der Waals surface area contributed by atoms with Crippen LogP contribution in [-0.4, -0.2) is 19.1 Å². The van der Waals surface area contributed by atoms with Crippen LogP contribution in [0.25, 0.3) is 0 Å². The van der Waals surface area contributed by atoms with Gasteiger partial charge in [-0.25, -0.2) is 8.78 Å². The summed E-state index contributed by atoms with van der Waals surface area (Å²) in [7, 11) is 0. The Morgan fingerprint density at radius 1 is 1.47 bits per heavy atom. The maximum absolute atomic E-state index is 13.0. The highest BCUT2D eigenvalue weighted by atomic mass is 19.1. The second-order valence-electron chi connectivity index (χ2n) is 2.78. The summed E-state index contributed by atoms with van der Waals surface area (Å²) in [6.07, 6.45) is 0. The van der Waals surface area contributed by atoms with Crippen LogP contribution in [0.5, 0.6) is 0 Å². The summed E-state index contributed by atoms with van der Waals surface area (Å²) in [5.41, 5.74) is -0.0527. The van der Waals surface area contributed by atoms with Crippen LogP contribution in [0, 0.1) is 11.6 Å². The van der Waals surface area contributed by atoms with E-state index in [1.807, 2.05) is 0 Å². The minimum Gasteiger partial charge on any atom is -0.465 e. The summed E-state index contributed by atoms with van der Waals surface area (Å²) in [4.78, 5) is 10.9. The average Bonchev–Trinajstić information content (AvgIpc) is 2.20. The number of esters is 1. The van der Waals surface area contributed by atoms with E-state index in [0.717, 1.165) is 18.2 Å². The van der Waals surface area contributed by atoms with Gasteiger partial charge in [-0.2, -0.15) is 0 Å². The van der Waals surface area contributed by atoms with Gasteiger partial charge in [-0.15, -0.1) is 0 Å². The molecule has 1 N–H and O–H groups in total. The molecule has 0 aliphatic rings. The maximum Gasteiger partial charge on any atom is 0.325 e. The first-order valence-corrected chi connectivity index (χ1v) is 4.48. The lowest BCUT2D eigenvalue weighted by molar-refractivity contribution is -0.140. The first-order valence-electron chi connectivity index (χ1n) is 4.48. The molecule has 0 aliphatic heterocycles. The molecule has 3 nitrogen and oxygen atoms in total. The Bertz CT molecular complexity index is 355. The Balaban J connectivity index is 2.57. The quantitative estimate of drug-likeness (QED) is 0.780. The van der Waals surface area contributed by atoms with Crippen LogP contribution >= 0.6 is 0 Å². The number of carbonyl (C=O) groups excluding carboxylic acids is 1. The van der Waals surface area contributed by atoms with Crippen molar-refractivity contribution in [3.63, 3.8) is 0 Å². The zero-order valence-electron chi connectivity index (χ0n) is 8.22. The Morgan fingerprint density at radius 3 is 2.87 bits per heavy atom. The van der Waals surface area contributed by atoms with Crippen molar-refractivity contribution in [2.45, 2.75) is 6.92 Å². The molecule has 0 amide bonds. The monoisotopic (exact) mass is 215 g/mol. The summed E-state index contributed by atoms with van der Waals surface area (Å²) in [6.45, 7) is 1.74. The van der Waals surface area contributed by atoms with Crippen LogP contribution in [0.15, 0.2) is 18.2 Å². The molecule has 1 aromatic rings. The molecular formula is C10H11F2NO2. The van der Waals surface area contributed by atoms with Crippen molar-refractivity contribution < 1.29 is 18.3 Å². The van der Waals surface area contributed by atoms with Crippen LogP contribution in [0.2, 0.25) is 0 Å². The second kappa shape index (κ2) is 5.29. The lowest BCUT2D eigenvalue weighted by Crippen LogP contribution is -2.17. The summed E-state index contributed by atoms with van der Waals surface area (Å²) in [5, 5.41) is 2.45. The van der Waals surface area contributed by atoms with Gasteiger partial charge in [-0.3, -0.25) is 4.79 Å². The summed E-state index contributed by atoms with van der Waals surface area (Å²) >= 11 is 0. The molecular weight excluding hydrogens is 204 g/mol. The van der Waals surface area contributed by atoms with Crippen molar-refractivity contribution in [2.75, 3.05) is 18.5 Å². The molecule has 1 aromatic carbocycles. The lowest BCUT2D eigenvalue weighted by Gasteiger charge is -2.06. The van der Waals surface area contributed by atoms with E-state index < -0.39 is 17.6 Å². The van der Waals surface area contributed by atoms with E-state index in [9.17, 15) is 13.6 Å². The molecule has 5 heteroatoms. The molecule has 0 unspecified atom stereocenters. The van der Waals surface area contributed by atoms with E-state index in [4.69, 9.17) is 0 Å². The first kappa shape index (κ1) is 11.4. The molecule has 0 fully saturated rings. The van der Waals surface area contributed by atoms with Crippen molar-refractivity contribution in [1.29, 1.82) is 0 Å². The van der Waals surface area contributed by atoms with E-state index in [1.165, 1.54) is 0 Å². The van der Waals surface area contributed by atoms with Crippen molar-refractivity contribution >= 4 is 11.7 Å². The maximum atomic E-state index is 13.0. The number of benzene rings is 1. The van der Waals surface area contributed by atoms with Crippen LogP contribution in [0.4, 0.5) is 14.5 Å². The summed E-state index contributed by atoms with van der Waals surface area (Å²) in [6, 6.07) is 2.97. The number of hydrogen-bond acceptors (Lipinski definition) is 3. The fourth-order valence-corrected chi connectivity index (χ4v) is 1.01. The van der Waals surface area contributed by atoms with Crippen molar-refractivity contribution in [3.8, 4) is 0 Å². The van der Waals surface area contributed by atoms with Gasteiger partial charge in [0.1, 0.15) is 18.2 Å². The zero-order valence-corrected chi connectivity index (χ0v) is 8.22. The minimum atomic E-state index is -0.610. The predicted molar refractivity (Wildman–Crippen MR) is 51.5 cm³/mol. The van der Waals surface area contributed by atoms with Gasteiger partial charge in [0.05, 0.1) is 12.3 Å². The molecule has 0 saturated heterocycles. The third kappa shape index (κ3) is 3.53. The number of halogens is 2. The molecule has 0 heterocycles. The van der Waals surface area contributed by atoms with Gasteiger partial charge in [0.2, 0.25) is 0 Å². The molecule has 0 bridgehead atoms. The highest BCUT2D eigenvalue weighted by molar-refractivity contribution is 5.74. The van der Waals surface area contributed by atoms with Gasteiger partial charge in [0, 0.05) is 0 Å². The zero-order chi connectivity index (χ0) is 11.3. The topological polar surface area (TPSA) is 38.3 Å². The highest BCUT2D eigenvalue weighted by Gasteiger charge is 2.06. The van der Waals surface area contributed by atoms with Gasteiger partial charge >= 0.3 is 5.97 Å². The molecule has 0 spiro atoms. The van der Waals surface area contributed by atoms with Crippen molar-refractivity contribution in [1.82, 2.24) is 0 Å². The third-order valence-electron chi connectivity index (χ3n) is 1.66. The minimum absolute atomic E-state index is 0.0527. The number of rotatable bonds is 4. The second-order valence-corrected chi connectivity index (χ2v) is 2.78.